The molecule has 4 rings (SSSR count). The molecule has 0 bridgehead atoms. The van der Waals surface area contributed by atoms with Crippen LogP contribution in [0, 0.1) is 17.0 Å². The van der Waals surface area contributed by atoms with Crippen molar-refractivity contribution in [3.05, 3.63) is 98.9 Å². The molecule has 3 aromatic carbocycles. The lowest BCUT2D eigenvalue weighted by Gasteiger charge is -2.10. The Bertz CT molecular complexity index is 1480. The number of hydrogen-bond acceptors (Lipinski definition) is 7. The molecular weight excluding hydrogens is 422 g/mol. The van der Waals surface area contributed by atoms with Crippen LogP contribution in [0.4, 0.5) is 5.69 Å². The average Bonchev–Trinajstić information content (AvgIpc) is 2.74. The van der Waals surface area contributed by atoms with Gasteiger partial charge in [0.05, 0.1) is 15.9 Å². The van der Waals surface area contributed by atoms with E-state index in [2.05, 4.69) is 0 Å². The predicted octanol–water partition coefficient (Wildman–Crippen LogP) is 4.44. The summed E-state index contributed by atoms with van der Waals surface area (Å²) >= 11 is 0. The lowest BCUT2D eigenvalue weighted by atomic mass is 10.1. The van der Waals surface area contributed by atoms with Gasteiger partial charge in [0.25, 0.3) is 5.69 Å². The Morgan fingerprint density at radius 3 is 2.45 bits per heavy atom. The maximum atomic E-state index is 12.8. The van der Waals surface area contributed by atoms with Gasteiger partial charge < -0.3 is 8.60 Å². The van der Waals surface area contributed by atoms with Crippen LogP contribution in [0.2, 0.25) is 0 Å². The summed E-state index contributed by atoms with van der Waals surface area (Å²) < 4.78 is 36.2. The van der Waals surface area contributed by atoms with Crippen LogP contribution < -0.4 is 9.61 Å². The van der Waals surface area contributed by atoms with Gasteiger partial charge in [0, 0.05) is 12.1 Å². The minimum atomic E-state index is -4.51. The number of benzene rings is 3. The number of nitro groups is 1. The summed E-state index contributed by atoms with van der Waals surface area (Å²) in [6.45, 7) is 1.44. The number of aryl methyl sites for hydroxylation is 1. The zero-order chi connectivity index (χ0) is 22.2. The van der Waals surface area contributed by atoms with E-state index in [1.807, 2.05) is 6.07 Å². The highest BCUT2D eigenvalue weighted by Crippen LogP contribution is 2.31. The molecule has 0 saturated carbocycles. The Labute approximate surface area is 176 Å². The van der Waals surface area contributed by atoms with Gasteiger partial charge in [-0.1, -0.05) is 42.5 Å². The summed E-state index contributed by atoms with van der Waals surface area (Å²) in [6.07, 6.45) is 1.30. The third kappa shape index (κ3) is 3.78. The molecule has 0 unspecified atom stereocenters. The molecule has 4 aromatic rings. The van der Waals surface area contributed by atoms with Crippen molar-refractivity contribution in [2.24, 2.45) is 0 Å². The Kier molecular flexibility index (Phi) is 5.04. The van der Waals surface area contributed by atoms with E-state index in [1.54, 1.807) is 24.3 Å². The summed E-state index contributed by atoms with van der Waals surface area (Å²) in [7, 11) is -4.51. The summed E-state index contributed by atoms with van der Waals surface area (Å²) in [4.78, 5) is 22.8. The summed E-state index contributed by atoms with van der Waals surface area (Å²) in [5.41, 5.74) is 0.486. The van der Waals surface area contributed by atoms with Crippen LogP contribution in [0.5, 0.6) is 5.75 Å². The van der Waals surface area contributed by atoms with Gasteiger partial charge in [-0.15, -0.1) is 0 Å². The van der Waals surface area contributed by atoms with Crippen molar-refractivity contribution in [1.29, 1.82) is 0 Å². The molecule has 0 saturated heterocycles. The lowest BCUT2D eigenvalue weighted by molar-refractivity contribution is -0.388. The number of fused-ring (bicyclic) bond motifs is 1. The van der Waals surface area contributed by atoms with E-state index in [1.165, 1.54) is 43.5 Å². The smallest absolute Gasteiger partial charge is 0.346 e. The van der Waals surface area contributed by atoms with Crippen LogP contribution in [0.1, 0.15) is 5.56 Å². The highest BCUT2D eigenvalue weighted by molar-refractivity contribution is 7.87. The van der Waals surface area contributed by atoms with Gasteiger partial charge in [0.1, 0.15) is 17.6 Å². The first kappa shape index (κ1) is 20.3. The molecule has 0 fully saturated rings. The van der Waals surface area contributed by atoms with Crippen LogP contribution in [-0.4, -0.2) is 13.3 Å². The van der Waals surface area contributed by atoms with E-state index in [9.17, 15) is 23.3 Å². The number of nitro benzene ring substituents is 1. The molecule has 0 amide bonds. The normalized spacial score (nSPS) is 11.4. The number of nitrogens with zero attached hydrogens (tertiary/aromatic N) is 1. The van der Waals surface area contributed by atoms with Gasteiger partial charge >= 0.3 is 10.1 Å². The first-order valence-corrected chi connectivity index (χ1v) is 10.5. The largest absolute Gasteiger partial charge is 0.463 e. The van der Waals surface area contributed by atoms with Crippen molar-refractivity contribution < 1.29 is 21.9 Å². The fourth-order valence-electron chi connectivity index (χ4n) is 3.25. The maximum Gasteiger partial charge on any atom is 0.346 e. The molecule has 0 atom stereocenters. The van der Waals surface area contributed by atoms with E-state index in [0.717, 1.165) is 6.07 Å². The second kappa shape index (κ2) is 7.69. The topological polar surface area (TPSA) is 117 Å². The highest BCUT2D eigenvalue weighted by Gasteiger charge is 2.30. The summed E-state index contributed by atoms with van der Waals surface area (Å²) in [6, 6.07) is 16.8. The van der Waals surface area contributed by atoms with Crippen LogP contribution in [-0.2, 0) is 10.1 Å². The fourth-order valence-corrected chi connectivity index (χ4v) is 4.55. The first-order valence-electron chi connectivity index (χ1n) is 9.07. The van der Waals surface area contributed by atoms with E-state index >= 15 is 0 Å². The summed E-state index contributed by atoms with van der Waals surface area (Å²) in [5, 5.41) is 11.5. The van der Waals surface area contributed by atoms with Crippen molar-refractivity contribution in [2.45, 2.75) is 11.8 Å². The minimum absolute atomic E-state index is 0.122. The first-order chi connectivity index (χ1) is 14.8. The van der Waals surface area contributed by atoms with Crippen molar-refractivity contribution >= 4 is 26.8 Å². The van der Waals surface area contributed by atoms with Gasteiger partial charge in [-0.3, -0.25) is 14.9 Å². The van der Waals surface area contributed by atoms with E-state index < -0.39 is 25.6 Å². The molecule has 156 valence electrons. The Morgan fingerprint density at radius 2 is 1.74 bits per heavy atom. The van der Waals surface area contributed by atoms with Gasteiger partial charge in [-0.2, -0.15) is 8.42 Å². The number of hydrogen-bond donors (Lipinski definition) is 0. The second-order valence-electron chi connectivity index (χ2n) is 6.72. The standard InChI is InChI=1S/C22H15NO7S/c1-14-6-5-9-19(23(25)26)22(14)31(27,28)30-16-10-11-17-20(12-16)29-13-18(21(17)24)15-7-3-2-4-8-15/h2-13H,1H3. The third-order valence-electron chi connectivity index (χ3n) is 4.67. The molecule has 0 N–H and O–H groups in total. The SMILES string of the molecule is Cc1cccc([N+](=O)[O-])c1S(=O)(=O)Oc1ccc2c(=O)c(-c3ccccc3)coc2c1. The fraction of sp³-hybridized carbons (Fsp3) is 0.0455. The van der Waals surface area contributed by atoms with Crippen molar-refractivity contribution in [3.63, 3.8) is 0 Å². The average molecular weight is 437 g/mol. The second-order valence-corrected chi connectivity index (χ2v) is 8.20. The summed E-state index contributed by atoms with van der Waals surface area (Å²) in [5.74, 6) is -0.138. The van der Waals surface area contributed by atoms with Crippen molar-refractivity contribution in [3.8, 4) is 16.9 Å². The molecule has 9 heteroatoms. The molecular formula is C22H15NO7S. The molecule has 31 heavy (non-hydrogen) atoms. The van der Waals surface area contributed by atoms with Crippen LogP contribution in [0.3, 0.4) is 0 Å². The Hall–Kier alpha value is -3.98. The van der Waals surface area contributed by atoms with E-state index in [-0.39, 0.29) is 27.7 Å². The zero-order valence-electron chi connectivity index (χ0n) is 16.1. The van der Waals surface area contributed by atoms with Crippen LogP contribution in [0.15, 0.2) is 87.1 Å². The quantitative estimate of drug-likeness (QED) is 0.257. The molecule has 0 aliphatic carbocycles. The third-order valence-corrected chi connectivity index (χ3v) is 6.12. The number of rotatable bonds is 5. The van der Waals surface area contributed by atoms with Crippen LogP contribution in [0.25, 0.3) is 22.1 Å². The Morgan fingerprint density at radius 1 is 1.00 bits per heavy atom. The Balaban J connectivity index is 1.75. The predicted molar refractivity (Wildman–Crippen MR) is 114 cm³/mol. The maximum absolute atomic E-state index is 12.8. The van der Waals surface area contributed by atoms with Gasteiger partial charge in [0.2, 0.25) is 0 Å². The van der Waals surface area contributed by atoms with Crippen molar-refractivity contribution in [2.75, 3.05) is 0 Å². The van der Waals surface area contributed by atoms with Gasteiger partial charge in [-0.25, -0.2) is 0 Å². The van der Waals surface area contributed by atoms with Gasteiger partial charge in [-0.05, 0) is 30.2 Å². The molecule has 0 radical (unpaired) electrons. The van der Waals surface area contributed by atoms with Gasteiger partial charge in [0.15, 0.2) is 10.3 Å². The van der Waals surface area contributed by atoms with E-state index in [0.29, 0.717) is 11.1 Å². The molecule has 1 heterocycles. The molecule has 8 nitrogen and oxygen atoms in total. The lowest BCUT2D eigenvalue weighted by Crippen LogP contribution is -2.14. The van der Waals surface area contributed by atoms with Crippen molar-refractivity contribution in [1.82, 2.24) is 0 Å². The van der Waals surface area contributed by atoms with Crippen LogP contribution >= 0.6 is 0 Å². The monoisotopic (exact) mass is 437 g/mol. The highest BCUT2D eigenvalue weighted by atomic mass is 32.2. The molecule has 0 aliphatic heterocycles. The molecule has 1 aromatic heterocycles. The minimum Gasteiger partial charge on any atom is -0.463 e. The molecule has 0 spiro atoms. The van der Waals surface area contributed by atoms with E-state index in [4.69, 9.17) is 8.60 Å². The zero-order valence-corrected chi connectivity index (χ0v) is 17.0. The molecule has 0 aliphatic rings.